The van der Waals surface area contributed by atoms with Gasteiger partial charge in [0.05, 0.1) is 32.8 Å². The first-order chi connectivity index (χ1) is 17.7. The van der Waals surface area contributed by atoms with Crippen molar-refractivity contribution in [2.45, 2.75) is 62.4 Å². The van der Waals surface area contributed by atoms with Crippen molar-refractivity contribution in [2.24, 2.45) is 5.11 Å². The number of aromatic nitrogens is 2. The summed E-state index contributed by atoms with van der Waals surface area (Å²) in [6.45, 7) is -0.152. The number of H-pyrrole nitrogens is 1. The predicted octanol–water partition coefficient (Wildman–Crippen LogP) is -1.96. The summed E-state index contributed by atoms with van der Waals surface area (Å²) in [5, 5.41) is 42.1. The Morgan fingerprint density at radius 2 is 1.92 bits per heavy atom. The summed E-state index contributed by atoms with van der Waals surface area (Å²) >= 11 is 0. The zero-order chi connectivity index (χ0) is 28.4. The van der Waals surface area contributed by atoms with E-state index in [0.717, 1.165) is 4.57 Å². The number of phosphoric acid groups is 1. The highest BCUT2D eigenvalue weighted by molar-refractivity contribution is 7.83. The van der Waals surface area contributed by atoms with Crippen LogP contribution in [0, 0.1) is 6.92 Å². The molecule has 211 valence electrons. The Kier molecular flexibility index (Phi) is 9.76. The topological polar surface area (TPSA) is 285 Å². The van der Waals surface area contributed by atoms with E-state index >= 15 is 0 Å². The van der Waals surface area contributed by atoms with Gasteiger partial charge in [0.1, 0.15) is 30.6 Å². The van der Waals surface area contributed by atoms with Gasteiger partial charge >= 0.3 is 13.5 Å². The van der Waals surface area contributed by atoms with Gasteiger partial charge in [-0.15, -0.1) is 0 Å². The van der Waals surface area contributed by atoms with Crippen molar-refractivity contribution in [1.82, 2.24) is 9.55 Å². The Morgan fingerprint density at radius 1 is 1.24 bits per heavy atom. The molecule has 2 unspecified atom stereocenters. The summed E-state index contributed by atoms with van der Waals surface area (Å²) in [7, 11) is -5.01. The minimum atomic E-state index is -5.44. The number of nitrogens with one attached hydrogen (secondary N) is 1. The highest BCUT2D eigenvalue weighted by Gasteiger charge is 2.47. The van der Waals surface area contributed by atoms with Gasteiger partial charge in [-0.2, -0.15) is 0 Å². The Labute approximate surface area is 214 Å². The number of rotatable bonds is 10. The summed E-state index contributed by atoms with van der Waals surface area (Å²) in [5.74, 6) is 0. The van der Waals surface area contributed by atoms with Crippen molar-refractivity contribution in [3.63, 3.8) is 0 Å². The van der Waals surface area contributed by atoms with E-state index in [-0.39, 0.29) is 12.0 Å². The molecule has 3 rings (SSSR count). The maximum absolute atomic E-state index is 12.5. The maximum Gasteiger partial charge on any atom is 0.479 e. The molecule has 0 amide bonds. The number of hydrogen-bond donors (Lipinski definition) is 6. The molecule has 0 saturated carbocycles. The lowest BCUT2D eigenvalue weighted by molar-refractivity contribution is -0.280. The number of aliphatic hydroxyl groups excluding tert-OH is 4. The molecule has 0 aliphatic carbocycles. The Bertz CT molecular complexity index is 1270. The first kappa shape index (κ1) is 30.7. The molecule has 2 fully saturated rings. The normalized spacial score (nSPS) is 34.7. The predicted molar refractivity (Wildman–Crippen MR) is 123 cm³/mol. The molecule has 1 aromatic rings. The standard InChI is InChI=1S/C16H24BN5O14P2/c1-6-3-22(16(28)19-14(6)27)10-2-7(20-21-18)9(33-10)5-32-37(17,29)36-38(30,31)35-15-13(26)12(25)11(24)8(4-23)34-15/h3,7-13,15,23-26H,2,4-5H2,1H3,(H,30,31)(H,19,27,28)/q-1/t7-,8+,9+,10+,11+,12-,13+,15+,37?/m0/s1. The highest BCUT2D eigenvalue weighted by Crippen LogP contribution is 2.61. The number of nitrogens with zero attached hydrogens (tertiary/aromatic N) is 4. The van der Waals surface area contributed by atoms with Crippen LogP contribution in [0.3, 0.4) is 0 Å². The molecule has 2 saturated heterocycles. The lowest BCUT2D eigenvalue weighted by atomic mass is 10.00. The van der Waals surface area contributed by atoms with E-state index in [1.165, 1.54) is 13.1 Å². The Balaban J connectivity index is 1.66. The average Bonchev–Trinajstić information content (AvgIpc) is 3.22. The number of hydrogen-bond acceptors (Lipinski definition) is 14. The second kappa shape index (κ2) is 12.1. The van der Waals surface area contributed by atoms with Gasteiger partial charge in [0.2, 0.25) is 0 Å². The van der Waals surface area contributed by atoms with Gasteiger partial charge in [-0.3, -0.25) is 18.9 Å². The van der Waals surface area contributed by atoms with Gasteiger partial charge in [0.15, 0.2) is 6.29 Å². The summed E-state index contributed by atoms with van der Waals surface area (Å²) in [4.78, 5) is 38.5. The van der Waals surface area contributed by atoms with Crippen LogP contribution in [0.4, 0.5) is 0 Å². The first-order valence-electron chi connectivity index (χ1n) is 10.8. The molecule has 0 bridgehead atoms. The minimum absolute atomic E-state index is 0.0715. The third-order valence-electron chi connectivity index (χ3n) is 5.58. The highest BCUT2D eigenvalue weighted by atomic mass is 31.3. The number of phosphoric ester groups is 1. The molecule has 19 nitrogen and oxygen atoms in total. The number of aromatic amines is 1. The lowest BCUT2D eigenvalue weighted by Crippen LogP contribution is -2.58. The fourth-order valence-electron chi connectivity index (χ4n) is 3.67. The first-order valence-corrected chi connectivity index (χ1v) is 13.9. The van der Waals surface area contributed by atoms with Crippen molar-refractivity contribution in [3.8, 4) is 0 Å². The van der Waals surface area contributed by atoms with Crippen LogP contribution in [-0.4, -0.2) is 98.5 Å². The van der Waals surface area contributed by atoms with Crippen LogP contribution in [0.15, 0.2) is 20.9 Å². The fraction of sp³-hybridized carbons (Fsp3) is 0.750. The zero-order valence-corrected chi connectivity index (χ0v) is 21.3. The van der Waals surface area contributed by atoms with E-state index in [1.54, 1.807) is 0 Å². The number of ether oxygens (including phenoxy) is 2. The largest absolute Gasteiger partial charge is 0.479 e. The SMILES string of the molecule is [B-]P(=O)(OC[C@H]1O[C@@H](n2cc(C)c(=O)[nH]c2=O)C[C@@H]1N=[N+]=[N-])OP(=O)(O)O[C@H]1O[C@H](CO)[C@@H](O)[C@H](O)[C@H]1O. The molecular formula is C16H24BN5O14P2-. The second-order valence-electron chi connectivity index (χ2n) is 8.30. The van der Waals surface area contributed by atoms with Crippen LogP contribution in [0.2, 0.25) is 0 Å². The van der Waals surface area contributed by atoms with Gasteiger partial charge in [0, 0.05) is 23.1 Å². The van der Waals surface area contributed by atoms with Gasteiger partial charge in [-0.05, 0) is 12.5 Å². The number of aryl methyl sites for hydroxylation is 1. The van der Waals surface area contributed by atoms with Crippen molar-refractivity contribution in [3.05, 3.63) is 43.0 Å². The van der Waals surface area contributed by atoms with E-state index < -0.39 is 88.8 Å². The number of aliphatic hydroxyl groups is 4. The molecule has 3 radical (unpaired) electrons. The third kappa shape index (κ3) is 7.19. The Morgan fingerprint density at radius 3 is 2.55 bits per heavy atom. The number of azide groups is 1. The van der Waals surface area contributed by atoms with Crippen molar-refractivity contribution in [1.29, 1.82) is 0 Å². The molecule has 2 aliphatic rings. The molecule has 1 aromatic heterocycles. The lowest BCUT2D eigenvalue weighted by Gasteiger charge is -2.40. The smallest absolute Gasteiger partial charge is 0.443 e. The Hall–Kier alpha value is -1.89. The van der Waals surface area contributed by atoms with Gasteiger partial charge in [-0.25, -0.2) is 13.7 Å². The van der Waals surface area contributed by atoms with Crippen molar-refractivity contribution < 1.29 is 57.3 Å². The van der Waals surface area contributed by atoms with E-state index in [9.17, 15) is 44.0 Å². The summed E-state index contributed by atoms with van der Waals surface area (Å²) < 4.78 is 50.3. The monoisotopic (exact) mass is 583 g/mol. The van der Waals surface area contributed by atoms with E-state index in [0.29, 0.717) is 0 Å². The van der Waals surface area contributed by atoms with Crippen LogP contribution in [0.5, 0.6) is 0 Å². The van der Waals surface area contributed by atoms with Crippen LogP contribution in [0.25, 0.3) is 10.4 Å². The van der Waals surface area contributed by atoms with Crippen LogP contribution < -0.4 is 11.2 Å². The van der Waals surface area contributed by atoms with E-state index in [4.69, 9.17) is 27.1 Å². The van der Waals surface area contributed by atoms with Crippen LogP contribution in [-0.2, 0) is 32.0 Å². The molecule has 6 N–H and O–H groups in total. The molecular weight excluding hydrogens is 559 g/mol. The van der Waals surface area contributed by atoms with Crippen LogP contribution >= 0.6 is 15.3 Å². The molecule has 10 atom stereocenters. The fourth-order valence-corrected chi connectivity index (χ4v) is 5.96. The van der Waals surface area contributed by atoms with Crippen molar-refractivity contribution in [2.75, 3.05) is 13.2 Å². The van der Waals surface area contributed by atoms with E-state index in [1.807, 2.05) is 0 Å². The van der Waals surface area contributed by atoms with Crippen LogP contribution in [0.1, 0.15) is 18.2 Å². The summed E-state index contributed by atoms with van der Waals surface area (Å²) in [6.07, 6.45) is -10.5. The molecule has 22 heteroatoms. The maximum atomic E-state index is 12.5. The summed E-state index contributed by atoms with van der Waals surface area (Å²) in [5.41, 5.74) is 7.60. The average molecular weight is 583 g/mol. The van der Waals surface area contributed by atoms with E-state index in [2.05, 4.69) is 23.8 Å². The van der Waals surface area contributed by atoms with Gasteiger partial charge in [-0.1, -0.05) is 5.11 Å². The van der Waals surface area contributed by atoms with Gasteiger partial charge in [0.25, 0.3) is 5.56 Å². The third-order valence-corrected chi connectivity index (χ3v) is 8.30. The molecule has 38 heavy (non-hydrogen) atoms. The van der Waals surface area contributed by atoms with Crippen molar-refractivity contribution >= 4 is 22.9 Å². The quantitative estimate of drug-likeness (QED) is 0.0573. The zero-order valence-electron chi connectivity index (χ0n) is 19.5. The van der Waals surface area contributed by atoms with Gasteiger partial charge < -0.3 is 51.4 Å². The minimum Gasteiger partial charge on any atom is -0.443 e. The summed E-state index contributed by atoms with van der Waals surface area (Å²) in [6, 6.07) is -0.990. The molecule has 0 aromatic carbocycles. The molecule has 2 aliphatic heterocycles. The second-order valence-corrected chi connectivity index (χ2v) is 11.4. The molecule has 0 spiro atoms. The molecule has 3 heterocycles.